The topological polar surface area (TPSA) is 61.8 Å². The van der Waals surface area contributed by atoms with Crippen molar-refractivity contribution in [2.75, 3.05) is 39.9 Å². The molecule has 144 valence electrons. The molecular weight excluding hydrogens is 449 g/mol. The number of nitrogens with zero attached hydrogens (tertiary/aromatic N) is 3. The van der Waals surface area contributed by atoms with Crippen LogP contribution in [0.1, 0.15) is 44.3 Å². The van der Waals surface area contributed by atoms with Crippen molar-refractivity contribution in [3.05, 3.63) is 16.1 Å². The molecule has 0 spiro atoms. The maximum absolute atomic E-state index is 5.44. The minimum absolute atomic E-state index is 0. The van der Waals surface area contributed by atoms with Gasteiger partial charge in [0.15, 0.2) is 5.96 Å². The van der Waals surface area contributed by atoms with E-state index in [1.807, 2.05) is 0 Å². The molecular formula is C17H32IN5OS. The van der Waals surface area contributed by atoms with Gasteiger partial charge in [0, 0.05) is 43.5 Å². The Kier molecular flexibility index (Phi) is 9.61. The smallest absolute Gasteiger partial charge is 0.191 e. The lowest BCUT2D eigenvalue weighted by atomic mass is 10.0. The van der Waals surface area contributed by atoms with Crippen molar-refractivity contribution < 1.29 is 4.74 Å². The number of aliphatic imine (C=N–C) groups is 1. The lowest BCUT2D eigenvalue weighted by molar-refractivity contribution is -0.00834. The van der Waals surface area contributed by atoms with E-state index in [1.165, 1.54) is 5.01 Å². The van der Waals surface area contributed by atoms with Crippen LogP contribution < -0.4 is 10.6 Å². The van der Waals surface area contributed by atoms with E-state index in [1.54, 1.807) is 18.4 Å². The zero-order chi connectivity index (χ0) is 17.6. The van der Waals surface area contributed by atoms with Crippen LogP contribution in [0, 0.1) is 0 Å². The highest BCUT2D eigenvalue weighted by Crippen LogP contribution is 2.19. The summed E-state index contributed by atoms with van der Waals surface area (Å²) < 4.78 is 5.44. The van der Waals surface area contributed by atoms with E-state index >= 15 is 0 Å². The van der Waals surface area contributed by atoms with E-state index in [2.05, 4.69) is 58.6 Å². The molecule has 8 heteroatoms. The van der Waals surface area contributed by atoms with Gasteiger partial charge in [0.2, 0.25) is 0 Å². The summed E-state index contributed by atoms with van der Waals surface area (Å²) in [6.45, 7) is 14.0. The maximum Gasteiger partial charge on any atom is 0.191 e. The van der Waals surface area contributed by atoms with Gasteiger partial charge in [0.05, 0.1) is 30.5 Å². The normalized spacial score (nSPS) is 16.6. The van der Waals surface area contributed by atoms with E-state index in [-0.39, 0.29) is 29.5 Å². The summed E-state index contributed by atoms with van der Waals surface area (Å²) in [5, 5.41) is 10.1. The summed E-state index contributed by atoms with van der Waals surface area (Å²) in [6, 6.07) is 0. The van der Waals surface area contributed by atoms with Gasteiger partial charge in [0.1, 0.15) is 0 Å². The third-order valence-corrected chi connectivity index (χ3v) is 5.47. The summed E-state index contributed by atoms with van der Waals surface area (Å²) >= 11 is 1.72. The van der Waals surface area contributed by atoms with Crippen molar-refractivity contribution in [3.8, 4) is 0 Å². The van der Waals surface area contributed by atoms with Crippen molar-refractivity contribution in [1.82, 2.24) is 20.5 Å². The number of aromatic nitrogens is 1. The van der Waals surface area contributed by atoms with E-state index in [0.29, 0.717) is 12.5 Å². The summed E-state index contributed by atoms with van der Waals surface area (Å²) in [6.07, 6.45) is 0. The molecule has 1 aliphatic heterocycles. The predicted octanol–water partition coefficient (Wildman–Crippen LogP) is 2.66. The van der Waals surface area contributed by atoms with Gasteiger partial charge in [-0.1, -0.05) is 13.8 Å². The first-order valence-electron chi connectivity index (χ1n) is 8.64. The zero-order valence-electron chi connectivity index (χ0n) is 16.0. The number of guanidine groups is 1. The van der Waals surface area contributed by atoms with Crippen LogP contribution in [0.2, 0.25) is 0 Å². The quantitative estimate of drug-likeness (QED) is 0.372. The van der Waals surface area contributed by atoms with Gasteiger partial charge >= 0.3 is 0 Å². The van der Waals surface area contributed by atoms with Crippen LogP contribution in [0.3, 0.4) is 0 Å². The largest absolute Gasteiger partial charge is 0.379 e. The Hall–Kier alpha value is -0.450. The highest BCUT2D eigenvalue weighted by Gasteiger charge is 2.28. The first kappa shape index (κ1) is 22.6. The Morgan fingerprint density at radius 3 is 2.60 bits per heavy atom. The summed E-state index contributed by atoms with van der Waals surface area (Å²) in [5.41, 5.74) is 1.13. The molecule has 1 aliphatic rings. The molecule has 25 heavy (non-hydrogen) atoms. The number of nitrogens with one attached hydrogen (secondary N) is 2. The van der Waals surface area contributed by atoms with Crippen LogP contribution in [0.15, 0.2) is 10.4 Å². The molecule has 0 amide bonds. The van der Waals surface area contributed by atoms with Crippen LogP contribution >= 0.6 is 35.3 Å². The molecule has 2 rings (SSSR count). The number of hydrogen-bond acceptors (Lipinski definition) is 5. The summed E-state index contributed by atoms with van der Waals surface area (Å²) in [4.78, 5) is 11.4. The third-order valence-electron chi connectivity index (χ3n) is 4.28. The van der Waals surface area contributed by atoms with Crippen molar-refractivity contribution in [3.63, 3.8) is 0 Å². The molecule has 0 unspecified atom stereocenters. The van der Waals surface area contributed by atoms with E-state index in [4.69, 9.17) is 4.74 Å². The second-order valence-electron chi connectivity index (χ2n) is 7.02. The molecule has 1 fully saturated rings. The second kappa shape index (κ2) is 10.6. The van der Waals surface area contributed by atoms with Crippen molar-refractivity contribution in [2.24, 2.45) is 4.99 Å². The first-order chi connectivity index (χ1) is 11.4. The molecule has 0 radical (unpaired) electrons. The SMILES string of the molecule is CN=C(NCc1csc(C(C)C)n1)NCC(C)(C)N1CCOCC1.I. The molecule has 2 heterocycles. The average Bonchev–Trinajstić information content (AvgIpc) is 3.05. The molecule has 6 nitrogen and oxygen atoms in total. The Labute approximate surface area is 172 Å². The standard InChI is InChI=1S/C17H31N5OS.HI/c1-13(2)15-21-14(11-24-15)10-19-16(18-5)20-12-17(3,4)22-6-8-23-9-7-22;/h11,13H,6-10,12H2,1-5H3,(H2,18,19,20);1H. The van der Waals surface area contributed by atoms with Gasteiger partial charge < -0.3 is 15.4 Å². The van der Waals surface area contributed by atoms with E-state index < -0.39 is 0 Å². The van der Waals surface area contributed by atoms with Crippen molar-refractivity contribution in [1.29, 1.82) is 0 Å². The summed E-state index contributed by atoms with van der Waals surface area (Å²) in [5.74, 6) is 1.30. The second-order valence-corrected chi connectivity index (χ2v) is 7.91. The lowest BCUT2D eigenvalue weighted by Crippen LogP contribution is -2.56. The molecule has 0 aromatic carbocycles. The molecule has 1 aromatic heterocycles. The van der Waals surface area contributed by atoms with Gasteiger partial charge in [0.25, 0.3) is 0 Å². The predicted molar refractivity (Wildman–Crippen MR) is 116 cm³/mol. The minimum atomic E-state index is 0. The van der Waals surface area contributed by atoms with Gasteiger partial charge in [-0.25, -0.2) is 4.98 Å². The maximum atomic E-state index is 5.44. The van der Waals surface area contributed by atoms with Crippen LogP contribution in [0.5, 0.6) is 0 Å². The zero-order valence-corrected chi connectivity index (χ0v) is 19.1. The fourth-order valence-corrected chi connectivity index (χ4v) is 3.48. The number of ether oxygens (including phenoxy) is 1. The van der Waals surface area contributed by atoms with Gasteiger partial charge in [-0.2, -0.15) is 0 Å². The summed E-state index contributed by atoms with van der Waals surface area (Å²) in [7, 11) is 1.80. The van der Waals surface area contributed by atoms with Crippen LogP contribution in [-0.4, -0.2) is 61.3 Å². The molecule has 0 atom stereocenters. The van der Waals surface area contributed by atoms with Gasteiger partial charge in [-0.15, -0.1) is 35.3 Å². The molecule has 0 aliphatic carbocycles. The van der Waals surface area contributed by atoms with Crippen molar-refractivity contribution in [2.45, 2.75) is 45.7 Å². The Morgan fingerprint density at radius 2 is 2.04 bits per heavy atom. The van der Waals surface area contributed by atoms with Crippen LogP contribution in [-0.2, 0) is 11.3 Å². The lowest BCUT2D eigenvalue weighted by Gasteiger charge is -2.41. The highest BCUT2D eigenvalue weighted by atomic mass is 127. The average molecular weight is 481 g/mol. The van der Waals surface area contributed by atoms with Crippen LogP contribution in [0.4, 0.5) is 0 Å². The van der Waals surface area contributed by atoms with Crippen molar-refractivity contribution >= 4 is 41.3 Å². The number of morpholine rings is 1. The van der Waals surface area contributed by atoms with Gasteiger partial charge in [-0.05, 0) is 13.8 Å². The molecule has 2 N–H and O–H groups in total. The first-order valence-corrected chi connectivity index (χ1v) is 9.52. The van der Waals surface area contributed by atoms with Crippen LogP contribution in [0.25, 0.3) is 0 Å². The molecule has 0 saturated carbocycles. The van der Waals surface area contributed by atoms with Gasteiger partial charge in [-0.3, -0.25) is 9.89 Å². The number of thiazole rings is 1. The fraction of sp³-hybridized carbons (Fsp3) is 0.765. The Balaban J connectivity index is 0.00000312. The third kappa shape index (κ3) is 6.99. The monoisotopic (exact) mass is 481 g/mol. The Bertz CT molecular complexity index is 541. The molecule has 1 saturated heterocycles. The van der Waals surface area contributed by atoms with E-state index in [0.717, 1.165) is 44.5 Å². The molecule has 0 bridgehead atoms. The highest BCUT2D eigenvalue weighted by molar-refractivity contribution is 14.0. The fourth-order valence-electron chi connectivity index (χ4n) is 2.64. The minimum Gasteiger partial charge on any atom is -0.379 e. The number of hydrogen-bond donors (Lipinski definition) is 2. The number of rotatable bonds is 6. The Morgan fingerprint density at radius 1 is 1.36 bits per heavy atom. The van der Waals surface area contributed by atoms with E-state index in [9.17, 15) is 0 Å². The molecule has 1 aromatic rings. The number of halogens is 1.